The van der Waals surface area contributed by atoms with Gasteiger partial charge in [-0.15, -0.1) is 0 Å². The lowest BCUT2D eigenvalue weighted by atomic mass is 9.77. The van der Waals surface area contributed by atoms with Crippen LogP contribution in [0.15, 0.2) is 34.6 Å². The molecular weight excluding hydrogens is 809 g/mol. The lowest BCUT2D eigenvalue weighted by Crippen LogP contribution is -2.47. The second kappa shape index (κ2) is 19.7. The number of hydrogen-bond acceptors (Lipinski definition) is 13. The number of ether oxygens (including phenoxy) is 2. The maximum atomic E-state index is 14.2. The van der Waals surface area contributed by atoms with Crippen molar-refractivity contribution in [3.63, 3.8) is 0 Å². The van der Waals surface area contributed by atoms with Crippen LogP contribution in [0.4, 0.5) is 0 Å². The summed E-state index contributed by atoms with van der Waals surface area (Å²) in [7, 11) is 3.97. The number of phenols is 1. The molecule has 3 aliphatic carbocycles. The first-order chi connectivity index (χ1) is 29.4. The Morgan fingerprint density at radius 2 is 1.82 bits per heavy atom. The molecule has 6 bridgehead atoms. The predicted octanol–water partition coefficient (Wildman–Crippen LogP) is 7.24. The molecule has 8 N–H and O–H groups in total. The van der Waals surface area contributed by atoms with E-state index in [2.05, 4.69) is 22.8 Å². The van der Waals surface area contributed by atoms with Gasteiger partial charge in [0.15, 0.2) is 17.5 Å². The lowest BCUT2D eigenvalue weighted by Gasteiger charge is -2.34. The highest BCUT2D eigenvalue weighted by Crippen LogP contribution is 2.51. The predicted molar refractivity (Wildman–Crippen MR) is 244 cm³/mol. The number of amides is 1. The van der Waals surface area contributed by atoms with E-state index in [0.717, 1.165) is 93.7 Å². The van der Waals surface area contributed by atoms with Gasteiger partial charge in [0.2, 0.25) is 5.91 Å². The van der Waals surface area contributed by atoms with Crippen LogP contribution in [0.3, 0.4) is 0 Å². The number of hydrogen-bond donors (Lipinski definition) is 6. The Morgan fingerprint density at radius 1 is 1.02 bits per heavy atom. The fourth-order valence-electron chi connectivity index (χ4n) is 11.5. The number of nitrogens with one attached hydrogen (secondary N) is 2. The number of dihydropyridines is 1. The third kappa shape index (κ3) is 11.1. The van der Waals surface area contributed by atoms with Gasteiger partial charge in [0, 0.05) is 67.7 Å². The first kappa shape index (κ1) is 44.4. The molecule has 1 aromatic carbocycles. The summed E-state index contributed by atoms with van der Waals surface area (Å²) in [6, 6.07) is 2.07. The number of fused-ring (bicyclic) bond motifs is 14. The molecule has 5 aliphatic heterocycles. The largest absolute Gasteiger partial charge is 0.504 e. The van der Waals surface area contributed by atoms with Crippen LogP contribution in [0.5, 0.6) is 11.5 Å². The van der Waals surface area contributed by atoms with E-state index >= 15 is 0 Å². The Labute approximate surface area is 370 Å². The minimum Gasteiger partial charge on any atom is -0.504 e. The first-order valence-electron chi connectivity index (χ1n) is 23.4. The van der Waals surface area contributed by atoms with Crippen LogP contribution in [0.1, 0.15) is 146 Å². The number of nitrogens with two attached hydrogens (primary N) is 2. The van der Waals surface area contributed by atoms with Gasteiger partial charge in [-0.3, -0.25) is 14.6 Å². The molecule has 3 saturated carbocycles. The number of allylic oxidation sites excluding steroid dienone is 2. The molecule has 5 heterocycles. The molecular formula is C47H70N6O6S2. The molecule has 8 aliphatic rings. The smallest absolute Gasteiger partial charge is 0.302 e. The minimum atomic E-state index is -0.560. The molecule has 336 valence electrons. The van der Waals surface area contributed by atoms with Crippen molar-refractivity contribution >= 4 is 39.4 Å². The standard InChI is InChI=1S/C47H70N6O6S2/c1-30(54)58-37-13-10-34-24-35(43(57)44-39(34)16-11-33-5-4-6-40(33)59-44)28-53-29-46(27-42(53)56,26-32-17-21-50-41(48)23-32)20-22-51-45(49)52-47(18-2-3-19-47)61-60-38-14-8-31(9-15-38)7-12-36(55)25-37/h17,23-24,31,33,36-38,40,50,55,57H,2-16,18-22,25-29,48H2,1H3,(H3,49,51,52)/t31?,33-,36-,37+,38?,40-,46+/m0/s1. The summed E-state index contributed by atoms with van der Waals surface area (Å²) in [4.78, 5) is 33.3. The molecule has 1 spiro atoms. The Hall–Kier alpha value is -3.23. The van der Waals surface area contributed by atoms with Crippen molar-refractivity contribution in [2.45, 2.75) is 177 Å². The van der Waals surface area contributed by atoms with Gasteiger partial charge in [-0.05, 0) is 144 Å². The Kier molecular flexibility index (Phi) is 14.3. The van der Waals surface area contributed by atoms with E-state index < -0.39 is 17.6 Å². The highest BCUT2D eigenvalue weighted by atomic mass is 33.1. The number of benzene rings is 1. The topological polar surface area (TPSA) is 185 Å². The second-order valence-electron chi connectivity index (χ2n) is 19.5. The van der Waals surface area contributed by atoms with Gasteiger partial charge >= 0.3 is 5.97 Å². The molecule has 14 heteroatoms. The van der Waals surface area contributed by atoms with Crippen molar-refractivity contribution in [2.24, 2.45) is 33.7 Å². The summed E-state index contributed by atoms with van der Waals surface area (Å²) in [5.74, 6) is 2.52. The van der Waals surface area contributed by atoms with E-state index in [9.17, 15) is 19.8 Å². The number of aryl methyl sites for hydroxylation is 1. The number of rotatable bonds is 3. The fourth-order valence-corrected chi connectivity index (χ4v) is 15.1. The number of carbonyl (C=O) groups is 2. The number of carbonyl (C=O) groups excluding carboxylic acids is 2. The van der Waals surface area contributed by atoms with Crippen molar-refractivity contribution in [3.8, 4) is 11.5 Å². The zero-order chi connectivity index (χ0) is 42.6. The van der Waals surface area contributed by atoms with Crippen molar-refractivity contribution in [2.75, 3.05) is 19.6 Å². The summed E-state index contributed by atoms with van der Waals surface area (Å²) in [6.45, 7) is 3.34. The molecule has 1 saturated heterocycles. The Bertz CT molecular complexity index is 1840. The summed E-state index contributed by atoms with van der Waals surface area (Å²) in [6.07, 6.45) is 22.2. The molecule has 0 aromatic heterocycles. The maximum Gasteiger partial charge on any atom is 0.302 e. The van der Waals surface area contributed by atoms with Crippen LogP contribution >= 0.6 is 21.6 Å². The number of phenolic OH excluding ortho intramolecular Hbond substituents is 1. The number of guanidine groups is 1. The van der Waals surface area contributed by atoms with Gasteiger partial charge in [0.25, 0.3) is 0 Å². The normalized spacial score (nSPS) is 32.6. The molecule has 61 heavy (non-hydrogen) atoms. The Morgan fingerprint density at radius 3 is 2.61 bits per heavy atom. The van der Waals surface area contributed by atoms with Gasteiger partial charge in [-0.2, -0.15) is 0 Å². The van der Waals surface area contributed by atoms with Crippen molar-refractivity contribution < 1.29 is 29.3 Å². The quantitative estimate of drug-likeness (QED) is 0.132. The van der Waals surface area contributed by atoms with E-state index in [0.29, 0.717) is 105 Å². The number of aliphatic hydroxyl groups is 1. The summed E-state index contributed by atoms with van der Waals surface area (Å²) >= 11 is 0. The monoisotopic (exact) mass is 878 g/mol. The third-order valence-electron chi connectivity index (χ3n) is 14.9. The number of aliphatic hydroxyl groups excluding tert-OH is 1. The van der Waals surface area contributed by atoms with Crippen molar-refractivity contribution in [3.05, 3.63) is 46.3 Å². The van der Waals surface area contributed by atoms with Gasteiger partial charge in [-0.25, -0.2) is 0 Å². The summed E-state index contributed by atoms with van der Waals surface area (Å²) in [5.41, 5.74) is 16.4. The molecule has 1 amide bonds. The molecule has 4 fully saturated rings. The van der Waals surface area contributed by atoms with E-state index in [-0.39, 0.29) is 35.1 Å². The summed E-state index contributed by atoms with van der Waals surface area (Å²) in [5, 5.41) is 30.9. The van der Waals surface area contributed by atoms with Crippen molar-refractivity contribution in [1.29, 1.82) is 0 Å². The number of aliphatic imine (C=N–C) groups is 1. The molecule has 1 aromatic rings. The number of esters is 1. The van der Waals surface area contributed by atoms with E-state index in [1.165, 1.54) is 19.8 Å². The molecule has 9 rings (SSSR count). The van der Waals surface area contributed by atoms with Crippen molar-refractivity contribution in [1.82, 2.24) is 15.5 Å². The van der Waals surface area contributed by atoms with Gasteiger partial charge < -0.3 is 46.7 Å². The summed E-state index contributed by atoms with van der Waals surface area (Å²) < 4.78 is 12.6. The van der Waals surface area contributed by atoms with Crippen LogP contribution < -0.4 is 26.8 Å². The molecule has 5 atom stereocenters. The average Bonchev–Trinajstić information content (AvgIpc) is 3.92. The molecule has 0 radical (unpaired) electrons. The van der Waals surface area contributed by atoms with Crippen LogP contribution in [0.25, 0.3) is 0 Å². The Balaban J connectivity index is 1.10. The highest BCUT2D eigenvalue weighted by Gasteiger charge is 2.44. The second-order valence-corrected chi connectivity index (χ2v) is 22.4. The highest BCUT2D eigenvalue weighted by molar-refractivity contribution is 8.77. The maximum absolute atomic E-state index is 14.2. The number of nitrogens with zero attached hydrogens (tertiary/aromatic N) is 2. The minimum absolute atomic E-state index is 0.0444. The van der Waals surface area contributed by atoms with E-state index in [1.54, 1.807) is 0 Å². The fraction of sp³-hybridized carbons (Fsp3) is 0.723. The zero-order valence-corrected chi connectivity index (χ0v) is 37.9. The van der Waals surface area contributed by atoms with E-state index in [1.807, 2.05) is 32.6 Å². The zero-order valence-electron chi connectivity index (χ0n) is 36.3. The lowest BCUT2D eigenvalue weighted by molar-refractivity contribution is -0.148. The number of aromatic hydroxyl groups is 1. The molecule has 0 unspecified atom stereocenters. The first-order valence-corrected chi connectivity index (χ1v) is 25.6. The van der Waals surface area contributed by atoms with Crippen LogP contribution in [-0.4, -0.2) is 81.0 Å². The van der Waals surface area contributed by atoms with Gasteiger partial charge in [0.1, 0.15) is 12.2 Å². The third-order valence-corrected chi connectivity index (χ3v) is 18.6. The van der Waals surface area contributed by atoms with Gasteiger partial charge in [-0.1, -0.05) is 40.5 Å². The van der Waals surface area contributed by atoms with Gasteiger partial charge in [0.05, 0.1) is 16.8 Å². The van der Waals surface area contributed by atoms with Crippen LogP contribution in [-0.2, 0) is 33.7 Å². The van der Waals surface area contributed by atoms with E-state index in [4.69, 9.17) is 25.9 Å². The SMILES string of the molecule is CC(=O)O[C@@H]1CCc2cc(c(O)c3c2CC[C@@H]2CCC[C@@H]2O3)CN2C[C@@](CC3=CCNC(N)=C3)(CCN=C(N)NC3(CCCC3)SSC3CCC(CC3)CC[C@H](O)C1)CC2=O. The molecule has 12 nitrogen and oxygen atoms in total. The van der Waals surface area contributed by atoms with Crippen LogP contribution in [0.2, 0.25) is 0 Å². The van der Waals surface area contributed by atoms with Crippen LogP contribution in [0, 0.1) is 17.3 Å². The average molecular weight is 879 g/mol.